The molecule has 8 heavy (non-hydrogen) atoms. The quantitative estimate of drug-likeness (QED) is 0.548. The summed E-state index contributed by atoms with van der Waals surface area (Å²) in [6, 6.07) is 0. The Bertz CT molecular complexity index is 158. The zero-order valence-corrected chi connectivity index (χ0v) is 5.06. The maximum Gasteiger partial charge on any atom is 0.141 e. The number of hydrogen-bond acceptors (Lipinski definition) is 4. The first-order valence-electron chi connectivity index (χ1n) is 2.18. The van der Waals surface area contributed by atoms with Crippen LogP contribution < -0.4 is 0 Å². The summed E-state index contributed by atoms with van der Waals surface area (Å²) >= 11 is 1.30. The molecule has 0 fully saturated rings. The van der Waals surface area contributed by atoms with Gasteiger partial charge in [-0.25, -0.2) is 0 Å². The van der Waals surface area contributed by atoms with Crippen molar-refractivity contribution in [2.45, 2.75) is 6.42 Å². The Labute approximate surface area is 51.2 Å². The zero-order valence-electron chi connectivity index (χ0n) is 4.24. The molecule has 1 aromatic heterocycles. The highest BCUT2D eigenvalue weighted by Crippen LogP contribution is 1.97. The van der Waals surface area contributed by atoms with Crippen LogP contribution in [0.2, 0.25) is 0 Å². The van der Waals surface area contributed by atoms with Crippen molar-refractivity contribution in [3.05, 3.63) is 17.7 Å². The molecule has 0 unspecified atom stereocenters. The van der Waals surface area contributed by atoms with E-state index in [2.05, 4.69) is 21.4 Å². The lowest BCUT2D eigenvalue weighted by Crippen LogP contribution is -1.76. The van der Waals surface area contributed by atoms with E-state index in [4.69, 9.17) is 0 Å². The minimum absolute atomic E-state index is 0.775. The molecular formula is C4H5N3S. The smallest absolute Gasteiger partial charge is 0.121 e. The van der Waals surface area contributed by atoms with Gasteiger partial charge in [-0.3, -0.25) is 0 Å². The predicted octanol–water partition coefficient (Wildman–Crippen LogP) is 0.662. The minimum atomic E-state index is 0.775. The molecule has 0 amide bonds. The van der Waals surface area contributed by atoms with E-state index in [0.29, 0.717) is 0 Å². The normalized spacial score (nSPS) is 9.00. The maximum absolute atomic E-state index is 3.69. The van der Waals surface area contributed by atoms with Gasteiger partial charge in [-0.2, -0.15) is 0 Å². The van der Waals surface area contributed by atoms with Gasteiger partial charge in [0.05, 0.1) is 0 Å². The van der Waals surface area contributed by atoms with Crippen LogP contribution in [0.15, 0.2) is 12.7 Å². The Morgan fingerprint density at radius 2 is 2.62 bits per heavy atom. The van der Waals surface area contributed by atoms with Gasteiger partial charge in [-0.15, -0.1) is 11.7 Å². The van der Waals surface area contributed by atoms with Crippen molar-refractivity contribution in [3.8, 4) is 0 Å². The predicted molar refractivity (Wildman–Crippen MR) is 31.6 cm³/mol. The Morgan fingerprint density at radius 3 is 3.12 bits per heavy atom. The molecule has 0 aliphatic heterocycles. The molecule has 1 aromatic rings. The number of aromatic nitrogens is 3. The third kappa shape index (κ3) is 1.10. The summed E-state index contributed by atoms with van der Waals surface area (Å²) in [5.74, 6) is 0. The fraction of sp³-hybridized carbons (Fsp3) is 0.250. The van der Waals surface area contributed by atoms with Gasteiger partial charge in [-0.05, 0) is 5.21 Å². The first-order valence-corrected chi connectivity index (χ1v) is 2.95. The van der Waals surface area contributed by atoms with Crippen LogP contribution >= 0.6 is 11.5 Å². The molecule has 0 N–H and O–H groups in total. The molecule has 0 aliphatic rings. The van der Waals surface area contributed by atoms with E-state index in [1.807, 2.05) is 0 Å². The number of hydrogen-bond donors (Lipinski definition) is 0. The summed E-state index contributed by atoms with van der Waals surface area (Å²) in [5, 5.41) is 8.02. The number of allylic oxidation sites excluding steroid dienone is 1. The second kappa shape index (κ2) is 2.52. The second-order valence-electron chi connectivity index (χ2n) is 1.25. The Balaban J connectivity index is 2.62. The number of nitrogens with zero attached hydrogens (tertiary/aromatic N) is 3. The summed E-state index contributed by atoms with van der Waals surface area (Å²) in [6.07, 6.45) is 2.56. The van der Waals surface area contributed by atoms with E-state index < -0.39 is 0 Å². The van der Waals surface area contributed by atoms with Crippen LogP contribution in [-0.4, -0.2) is 14.8 Å². The lowest BCUT2D eigenvalue weighted by atomic mass is 10.5. The second-order valence-corrected chi connectivity index (χ2v) is 2.07. The van der Waals surface area contributed by atoms with Gasteiger partial charge in [0.25, 0.3) is 0 Å². The Kier molecular flexibility index (Phi) is 1.69. The third-order valence-electron chi connectivity index (χ3n) is 0.658. The van der Waals surface area contributed by atoms with Gasteiger partial charge in [-0.1, -0.05) is 10.6 Å². The average Bonchev–Trinajstić information content (AvgIpc) is 2.19. The summed E-state index contributed by atoms with van der Waals surface area (Å²) in [5.41, 5.74) is 0. The molecule has 0 radical (unpaired) electrons. The molecule has 3 nitrogen and oxygen atoms in total. The standard InChI is InChI=1S/C4H5N3S/c1-2-3-4-5-6-7-8-4/h2H,1,3H2. The molecule has 1 rings (SSSR count). The highest BCUT2D eigenvalue weighted by Gasteiger charge is 1.90. The molecular weight excluding hydrogens is 122 g/mol. The molecule has 0 atom stereocenters. The van der Waals surface area contributed by atoms with Crippen molar-refractivity contribution >= 4 is 11.5 Å². The van der Waals surface area contributed by atoms with Crippen molar-refractivity contribution in [2.75, 3.05) is 0 Å². The van der Waals surface area contributed by atoms with Crippen LogP contribution in [0.25, 0.3) is 0 Å². The van der Waals surface area contributed by atoms with Crippen molar-refractivity contribution < 1.29 is 0 Å². The van der Waals surface area contributed by atoms with Crippen LogP contribution in [0.4, 0.5) is 0 Å². The fourth-order valence-corrected chi connectivity index (χ4v) is 0.786. The largest absolute Gasteiger partial charge is 0.141 e. The van der Waals surface area contributed by atoms with Crippen LogP contribution in [0.5, 0.6) is 0 Å². The van der Waals surface area contributed by atoms with E-state index in [-0.39, 0.29) is 0 Å². The molecule has 42 valence electrons. The van der Waals surface area contributed by atoms with Crippen LogP contribution in [0, 0.1) is 0 Å². The monoisotopic (exact) mass is 127 g/mol. The molecule has 0 aliphatic carbocycles. The number of rotatable bonds is 2. The summed E-state index contributed by atoms with van der Waals surface area (Å²) in [6.45, 7) is 3.55. The maximum atomic E-state index is 3.69. The molecule has 0 saturated carbocycles. The Hall–Kier alpha value is -0.770. The van der Waals surface area contributed by atoms with Crippen LogP contribution in [0.1, 0.15) is 5.01 Å². The summed E-state index contributed by atoms with van der Waals surface area (Å²) < 4.78 is 3.57. The first-order chi connectivity index (χ1) is 3.93. The van der Waals surface area contributed by atoms with Crippen molar-refractivity contribution in [3.63, 3.8) is 0 Å². The topological polar surface area (TPSA) is 38.7 Å². The van der Waals surface area contributed by atoms with E-state index >= 15 is 0 Å². The van der Waals surface area contributed by atoms with E-state index in [1.54, 1.807) is 6.08 Å². The molecule has 0 saturated heterocycles. The minimum Gasteiger partial charge on any atom is -0.121 e. The van der Waals surface area contributed by atoms with Gasteiger partial charge in [0.1, 0.15) is 5.01 Å². The van der Waals surface area contributed by atoms with Gasteiger partial charge in [0.15, 0.2) is 0 Å². The molecule has 0 bridgehead atoms. The van der Waals surface area contributed by atoms with Crippen molar-refractivity contribution in [2.24, 2.45) is 0 Å². The van der Waals surface area contributed by atoms with Gasteiger partial charge < -0.3 is 0 Å². The van der Waals surface area contributed by atoms with Gasteiger partial charge in [0.2, 0.25) is 0 Å². The molecule has 0 aromatic carbocycles. The molecule has 0 spiro atoms. The third-order valence-corrected chi connectivity index (χ3v) is 1.27. The highest BCUT2D eigenvalue weighted by molar-refractivity contribution is 7.05. The molecule has 1 heterocycles. The van der Waals surface area contributed by atoms with Crippen molar-refractivity contribution in [1.29, 1.82) is 0 Å². The Morgan fingerprint density at radius 1 is 1.75 bits per heavy atom. The fourth-order valence-electron chi connectivity index (χ4n) is 0.353. The summed E-state index contributed by atoms with van der Waals surface area (Å²) in [7, 11) is 0. The van der Waals surface area contributed by atoms with Crippen LogP contribution in [-0.2, 0) is 6.42 Å². The van der Waals surface area contributed by atoms with E-state index in [0.717, 1.165) is 11.4 Å². The van der Waals surface area contributed by atoms with Gasteiger partial charge >= 0.3 is 0 Å². The SMILES string of the molecule is C=CCc1nnns1. The van der Waals surface area contributed by atoms with Crippen LogP contribution in [0.3, 0.4) is 0 Å². The van der Waals surface area contributed by atoms with Crippen molar-refractivity contribution in [1.82, 2.24) is 14.8 Å². The summed E-state index contributed by atoms with van der Waals surface area (Å²) in [4.78, 5) is 0. The zero-order chi connectivity index (χ0) is 5.82. The first kappa shape index (κ1) is 5.37. The van der Waals surface area contributed by atoms with E-state index in [9.17, 15) is 0 Å². The van der Waals surface area contributed by atoms with E-state index in [1.165, 1.54) is 11.5 Å². The van der Waals surface area contributed by atoms with Gasteiger partial charge in [0, 0.05) is 18.0 Å². The lowest BCUT2D eigenvalue weighted by Gasteiger charge is -1.75. The highest BCUT2D eigenvalue weighted by atomic mass is 32.1. The molecule has 4 heteroatoms. The average molecular weight is 127 g/mol. The lowest BCUT2D eigenvalue weighted by molar-refractivity contribution is 0.925.